The van der Waals surface area contributed by atoms with Gasteiger partial charge < -0.3 is 15.6 Å². The summed E-state index contributed by atoms with van der Waals surface area (Å²) in [5.74, 6) is -3.36. The van der Waals surface area contributed by atoms with Crippen LogP contribution in [0, 0.1) is 5.92 Å². The van der Waals surface area contributed by atoms with E-state index in [4.69, 9.17) is 5.73 Å². The van der Waals surface area contributed by atoms with Crippen molar-refractivity contribution in [2.24, 2.45) is 11.7 Å². The summed E-state index contributed by atoms with van der Waals surface area (Å²) >= 11 is 0. The van der Waals surface area contributed by atoms with Crippen molar-refractivity contribution in [1.29, 1.82) is 0 Å². The first-order valence-electron chi connectivity index (χ1n) is 5.33. The summed E-state index contributed by atoms with van der Waals surface area (Å²) in [5, 5.41) is 10.6. The van der Waals surface area contributed by atoms with Gasteiger partial charge in [0.25, 0.3) is 0 Å². The van der Waals surface area contributed by atoms with Crippen molar-refractivity contribution in [3.63, 3.8) is 0 Å². The normalized spacial score (nSPS) is 15.8. The number of hydrogen-bond donors (Lipinski definition) is 1. The van der Waals surface area contributed by atoms with Gasteiger partial charge in [-0.1, -0.05) is 32.6 Å². The van der Waals surface area contributed by atoms with Gasteiger partial charge in [-0.2, -0.15) is 13.2 Å². The molecule has 0 heterocycles. The lowest BCUT2D eigenvalue weighted by Crippen LogP contribution is -2.50. The maximum Gasteiger partial charge on any atom is 0.404 e. The Hall–Kier alpha value is -0.780. The van der Waals surface area contributed by atoms with Crippen LogP contribution in [-0.2, 0) is 4.79 Å². The maximum atomic E-state index is 12.2. The number of unbranched alkanes of at least 4 members (excludes halogenated alkanes) is 3. The van der Waals surface area contributed by atoms with Crippen LogP contribution in [0.5, 0.6) is 0 Å². The molecule has 6 heteroatoms. The third-order valence-electron chi connectivity index (χ3n) is 2.48. The molecule has 0 amide bonds. The summed E-state index contributed by atoms with van der Waals surface area (Å²) in [6.45, 7) is 1.96. The van der Waals surface area contributed by atoms with E-state index in [1.165, 1.54) is 0 Å². The molecule has 0 aliphatic heterocycles. The standard InChI is InChI=1S/C10H18F3NO2/c1-2-3-4-5-6-7(9(15)16)8(14)10(11,12)13/h7-8H,2-6,14H2,1H3,(H,15,16)/p-1/t7-,8-/m0/s1. The largest absolute Gasteiger partial charge is 0.550 e. The Labute approximate surface area is 92.8 Å². The second kappa shape index (κ2) is 6.73. The van der Waals surface area contributed by atoms with Crippen LogP contribution in [0.2, 0.25) is 0 Å². The zero-order chi connectivity index (χ0) is 12.8. The SMILES string of the molecule is CCCCCC[C@H](C(=O)[O-])[C@H](N)C(F)(F)F. The third-order valence-corrected chi connectivity index (χ3v) is 2.48. The summed E-state index contributed by atoms with van der Waals surface area (Å²) in [4.78, 5) is 10.6. The number of nitrogens with two attached hydrogens (primary N) is 1. The van der Waals surface area contributed by atoms with Gasteiger partial charge >= 0.3 is 6.18 Å². The molecule has 2 atom stereocenters. The van der Waals surface area contributed by atoms with Crippen molar-refractivity contribution in [2.75, 3.05) is 0 Å². The van der Waals surface area contributed by atoms with Crippen molar-refractivity contribution in [1.82, 2.24) is 0 Å². The van der Waals surface area contributed by atoms with Crippen molar-refractivity contribution in [2.45, 2.75) is 51.2 Å². The Kier molecular flexibility index (Phi) is 6.40. The number of carbonyl (C=O) groups is 1. The fourth-order valence-corrected chi connectivity index (χ4v) is 1.46. The second-order valence-corrected chi connectivity index (χ2v) is 3.84. The molecular weight excluding hydrogens is 223 g/mol. The van der Waals surface area contributed by atoms with Crippen LogP contribution < -0.4 is 10.8 Å². The number of halogens is 3. The molecule has 0 saturated carbocycles. The maximum absolute atomic E-state index is 12.2. The molecule has 0 aliphatic rings. The summed E-state index contributed by atoms with van der Waals surface area (Å²) in [7, 11) is 0. The quantitative estimate of drug-likeness (QED) is 0.680. The van der Waals surface area contributed by atoms with Crippen LogP contribution in [0.4, 0.5) is 13.2 Å². The first-order chi connectivity index (χ1) is 7.30. The molecule has 0 spiro atoms. The summed E-state index contributed by atoms with van der Waals surface area (Å²) in [6, 6.07) is -2.33. The van der Waals surface area contributed by atoms with Gasteiger partial charge in [0.05, 0.1) is 0 Å². The van der Waals surface area contributed by atoms with Crippen molar-refractivity contribution in [3.8, 4) is 0 Å². The van der Waals surface area contributed by atoms with E-state index >= 15 is 0 Å². The fraction of sp³-hybridized carbons (Fsp3) is 0.900. The zero-order valence-corrected chi connectivity index (χ0v) is 9.22. The lowest BCUT2D eigenvalue weighted by atomic mass is 9.93. The highest BCUT2D eigenvalue weighted by atomic mass is 19.4. The van der Waals surface area contributed by atoms with Crippen molar-refractivity contribution in [3.05, 3.63) is 0 Å². The molecule has 0 aromatic rings. The second-order valence-electron chi connectivity index (χ2n) is 3.84. The molecule has 0 aromatic carbocycles. The van der Waals surface area contributed by atoms with E-state index in [1.54, 1.807) is 0 Å². The molecule has 16 heavy (non-hydrogen) atoms. The molecule has 0 aromatic heterocycles. The van der Waals surface area contributed by atoms with Gasteiger partial charge in [0.1, 0.15) is 6.04 Å². The lowest BCUT2D eigenvalue weighted by molar-refractivity contribution is -0.316. The molecule has 3 nitrogen and oxygen atoms in total. The van der Waals surface area contributed by atoms with Gasteiger partial charge in [0.15, 0.2) is 0 Å². The number of rotatable bonds is 7. The number of carboxylic acid groups (broad SMARTS) is 1. The molecule has 96 valence electrons. The van der Waals surface area contributed by atoms with E-state index in [1.807, 2.05) is 6.92 Å². The predicted molar refractivity (Wildman–Crippen MR) is 51.3 cm³/mol. The summed E-state index contributed by atoms with van der Waals surface area (Å²) in [5.41, 5.74) is 4.86. The number of hydrogen-bond acceptors (Lipinski definition) is 3. The van der Waals surface area contributed by atoms with Crippen LogP contribution >= 0.6 is 0 Å². The number of aliphatic carboxylic acids is 1. The predicted octanol–water partition coefficient (Wildman–Crippen LogP) is 1.21. The van der Waals surface area contributed by atoms with E-state index in [-0.39, 0.29) is 6.42 Å². The Morgan fingerprint density at radius 3 is 2.25 bits per heavy atom. The number of carbonyl (C=O) groups excluding carboxylic acids is 1. The van der Waals surface area contributed by atoms with Gasteiger partial charge in [0, 0.05) is 11.9 Å². The van der Waals surface area contributed by atoms with E-state index in [0.717, 1.165) is 12.8 Å². The fourth-order valence-electron chi connectivity index (χ4n) is 1.46. The Morgan fingerprint density at radius 2 is 1.88 bits per heavy atom. The first-order valence-corrected chi connectivity index (χ1v) is 5.33. The molecule has 2 N–H and O–H groups in total. The molecule has 0 bridgehead atoms. The number of alkyl halides is 3. The topological polar surface area (TPSA) is 66.1 Å². The van der Waals surface area contributed by atoms with Crippen LogP contribution in [-0.4, -0.2) is 18.2 Å². The number of carboxylic acids is 1. The van der Waals surface area contributed by atoms with Crippen LogP contribution in [0.1, 0.15) is 39.0 Å². The summed E-state index contributed by atoms with van der Waals surface area (Å²) in [6.07, 6.45) is -1.82. The van der Waals surface area contributed by atoms with Crippen LogP contribution in [0.15, 0.2) is 0 Å². The van der Waals surface area contributed by atoms with Gasteiger partial charge in [0.2, 0.25) is 0 Å². The highest BCUT2D eigenvalue weighted by molar-refractivity contribution is 5.68. The Bertz CT molecular complexity index is 219. The van der Waals surface area contributed by atoms with Gasteiger partial charge in [-0.05, 0) is 6.42 Å². The monoisotopic (exact) mass is 240 g/mol. The molecule has 0 radical (unpaired) electrons. The van der Waals surface area contributed by atoms with Crippen LogP contribution in [0.25, 0.3) is 0 Å². The Morgan fingerprint density at radius 1 is 1.31 bits per heavy atom. The minimum atomic E-state index is -4.69. The first kappa shape index (κ1) is 15.2. The average molecular weight is 240 g/mol. The average Bonchev–Trinajstić information content (AvgIpc) is 2.15. The third kappa shape index (κ3) is 5.34. The van der Waals surface area contributed by atoms with Gasteiger partial charge in [-0.15, -0.1) is 0 Å². The smallest absolute Gasteiger partial charge is 0.404 e. The van der Waals surface area contributed by atoms with Crippen molar-refractivity contribution >= 4 is 5.97 Å². The molecule has 0 unspecified atom stereocenters. The minimum absolute atomic E-state index is 0.0803. The van der Waals surface area contributed by atoms with E-state index in [9.17, 15) is 23.1 Å². The van der Waals surface area contributed by atoms with E-state index < -0.39 is 24.1 Å². The van der Waals surface area contributed by atoms with Gasteiger partial charge in [-0.3, -0.25) is 0 Å². The van der Waals surface area contributed by atoms with Gasteiger partial charge in [-0.25, -0.2) is 0 Å². The summed E-state index contributed by atoms with van der Waals surface area (Å²) < 4.78 is 36.7. The molecule has 0 aliphatic carbocycles. The Balaban J connectivity index is 4.23. The van der Waals surface area contributed by atoms with E-state index in [0.29, 0.717) is 12.8 Å². The molecule has 0 fully saturated rings. The van der Waals surface area contributed by atoms with E-state index in [2.05, 4.69) is 0 Å². The molecule has 0 saturated heterocycles. The zero-order valence-electron chi connectivity index (χ0n) is 9.22. The molecular formula is C10H17F3NO2-. The van der Waals surface area contributed by atoms with Crippen LogP contribution in [0.3, 0.4) is 0 Å². The lowest BCUT2D eigenvalue weighted by Gasteiger charge is -2.26. The van der Waals surface area contributed by atoms with Crippen molar-refractivity contribution < 1.29 is 23.1 Å². The highest BCUT2D eigenvalue weighted by Gasteiger charge is 2.42. The molecule has 0 rings (SSSR count). The minimum Gasteiger partial charge on any atom is -0.550 e. The highest BCUT2D eigenvalue weighted by Crippen LogP contribution is 2.26.